The average molecular weight is 298 g/mol. The standard InChI is InChI=1S/C19H26N2O/c22-19(18-16-12-20-13-17(16)18)21-10-8-15(9-11-21)7-6-14-4-2-1-3-5-14/h1-5,15-18,20H,6-13H2/t16-,17+,18?. The van der Waals surface area contributed by atoms with E-state index in [9.17, 15) is 4.79 Å². The van der Waals surface area contributed by atoms with Crippen LogP contribution in [0.1, 0.15) is 24.8 Å². The summed E-state index contributed by atoms with van der Waals surface area (Å²) in [6.07, 6.45) is 4.83. The van der Waals surface area contributed by atoms with Crippen LogP contribution in [-0.4, -0.2) is 37.0 Å². The van der Waals surface area contributed by atoms with Gasteiger partial charge in [-0.1, -0.05) is 30.3 Å². The maximum absolute atomic E-state index is 12.6. The van der Waals surface area contributed by atoms with E-state index in [1.165, 1.54) is 31.2 Å². The van der Waals surface area contributed by atoms with Gasteiger partial charge in [0, 0.05) is 19.0 Å². The van der Waals surface area contributed by atoms with Crippen molar-refractivity contribution >= 4 is 5.91 Å². The third kappa shape index (κ3) is 2.79. The summed E-state index contributed by atoms with van der Waals surface area (Å²) in [6.45, 7) is 4.10. The van der Waals surface area contributed by atoms with Gasteiger partial charge in [-0.15, -0.1) is 0 Å². The van der Waals surface area contributed by atoms with Crippen molar-refractivity contribution in [2.45, 2.75) is 25.7 Å². The van der Waals surface area contributed by atoms with Crippen molar-refractivity contribution in [3.8, 4) is 0 Å². The minimum atomic E-state index is 0.363. The Morgan fingerprint density at radius 2 is 1.77 bits per heavy atom. The molecule has 2 heterocycles. The van der Waals surface area contributed by atoms with Gasteiger partial charge in [-0.2, -0.15) is 0 Å². The van der Waals surface area contributed by atoms with Crippen molar-refractivity contribution in [2.24, 2.45) is 23.7 Å². The number of amides is 1. The van der Waals surface area contributed by atoms with Crippen molar-refractivity contribution < 1.29 is 4.79 Å². The Hall–Kier alpha value is -1.35. The molecule has 118 valence electrons. The SMILES string of the molecule is O=C(C1[C@H]2CNC[C@@H]12)N1CCC(CCc2ccccc2)CC1. The minimum absolute atomic E-state index is 0.363. The van der Waals surface area contributed by atoms with Gasteiger partial charge in [-0.3, -0.25) is 4.79 Å². The van der Waals surface area contributed by atoms with Crippen molar-refractivity contribution in [2.75, 3.05) is 26.2 Å². The van der Waals surface area contributed by atoms with Gasteiger partial charge in [0.05, 0.1) is 0 Å². The number of benzene rings is 1. The first-order chi connectivity index (χ1) is 10.8. The zero-order chi connectivity index (χ0) is 14.9. The third-order valence-electron chi connectivity index (χ3n) is 5.99. The average Bonchev–Trinajstić information content (AvgIpc) is 3.05. The summed E-state index contributed by atoms with van der Waals surface area (Å²) in [5.41, 5.74) is 1.44. The number of hydrogen-bond donors (Lipinski definition) is 1. The highest BCUT2D eigenvalue weighted by molar-refractivity contribution is 5.82. The van der Waals surface area contributed by atoms with Crippen LogP contribution in [0.3, 0.4) is 0 Å². The van der Waals surface area contributed by atoms with Gasteiger partial charge in [0.2, 0.25) is 5.91 Å². The lowest BCUT2D eigenvalue weighted by atomic mass is 9.90. The number of fused-ring (bicyclic) bond motifs is 1. The molecule has 1 saturated carbocycles. The predicted molar refractivity (Wildman–Crippen MR) is 87.4 cm³/mol. The molecule has 0 bridgehead atoms. The number of carbonyl (C=O) groups is 1. The van der Waals surface area contributed by atoms with E-state index in [-0.39, 0.29) is 0 Å². The van der Waals surface area contributed by atoms with Gasteiger partial charge in [0.25, 0.3) is 0 Å². The van der Waals surface area contributed by atoms with Crippen molar-refractivity contribution in [3.05, 3.63) is 35.9 Å². The fourth-order valence-corrected chi connectivity index (χ4v) is 4.45. The molecule has 0 aromatic heterocycles. The van der Waals surface area contributed by atoms with Gasteiger partial charge >= 0.3 is 0 Å². The minimum Gasteiger partial charge on any atom is -0.342 e. The Kier molecular flexibility index (Phi) is 3.91. The first-order valence-electron chi connectivity index (χ1n) is 8.86. The molecule has 0 spiro atoms. The molecule has 3 atom stereocenters. The molecular formula is C19H26N2O. The third-order valence-corrected chi connectivity index (χ3v) is 5.99. The number of nitrogens with zero attached hydrogens (tertiary/aromatic N) is 1. The summed E-state index contributed by atoms with van der Waals surface area (Å²) >= 11 is 0. The fraction of sp³-hybridized carbons (Fsp3) is 0.632. The molecule has 22 heavy (non-hydrogen) atoms. The summed E-state index contributed by atoms with van der Waals surface area (Å²) in [5, 5.41) is 3.38. The van der Waals surface area contributed by atoms with Gasteiger partial charge < -0.3 is 10.2 Å². The molecule has 1 aromatic rings. The van der Waals surface area contributed by atoms with Gasteiger partial charge in [0.15, 0.2) is 0 Å². The molecule has 3 fully saturated rings. The number of carbonyl (C=O) groups excluding carboxylic acids is 1. The first kappa shape index (κ1) is 14.3. The maximum Gasteiger partial charge on any atom is 0.226 e. The van der Waals surface area contributed by atoms with Crippen LogP contribution in [0.5, 0.6) is 0 Å². The molecule has 1 aromatic carbocycles. The number of hydrogen-bond acceptors (Lipinski definition) is 2. The fourth-order valence-electron chi connectivity index (χ4n) is 4.45. The smallest absolute Gasteiger partial charge is 0.226 e. The molecule has 1 aliphatic carbocycles. The summed E-state index contributed by atoms with van der Waals surface area (Å²) in [4.78, 5) is 14.7. The second kappa shape index (κ2) is 6.04. The Labute approximate surface area is 133 Å². The van der Waals surface area contributed by atoms with Crippen molar-refractivity contribution in [1.29, 1.82) is 0 Å². The van der Waals surface area contributed by atoms with Crippen LogP contribution >= 0.6 is 0 Å². The Morgan fingerprint density at radius 3 is 2.45 bits per heavy atom. The van der Waals surface area contributed by atoms with Crippen LogP contribution in [0.15, 0.2) is 30.3 Å². The molecule has 2 saturated heterocycles. The van der Waals surface area contributed by atoms with Crippen molar-refractivity contribution in [3.63, 3.8) is 0 Å². The number of rotatable bonds is 4. The Bertz CT molecular complexity index is 511. The predicted octanol–water partition coefficient (Wildman–Crippen LogP) is 2.32. The van der Waals surface area contributed by atoms with E-state index in [0.717, 1.165) is 32.1 Å². The second-order valence-corrected chi connectivity index (χ2v) is 7.30. The van der Waals surface area contributed by atoms with Gasteiger partial charge in [-0.05, 0) is 62.1 Å². The van der Waals surface area contributed by atoms with Crippen LogP contribution in [0, 0.1) is 23.7 Å². The largest absolute Gasteiger partial charge is 0.342 e. The van der Waals surface area contributed by atoms with Crippen LogP contribution in [0.2, 0.25) is 0 Å². The number of nitrogens with one attached hydrogen (secondary N) is 1. The summed E-state index contributed by atoms with van der Waals surface area (Å²) in [6, 6.07) is 10.8. The van der Waals surface area contributed by atoms with E-state index in [0.29, 0.717) is 23.7 Å². The van der Waals surface area contributed by atoms with E-state index < -0.39 is 0 Å². The number of piperidine rings is 2. The zero-order valence-corrected chi connectivity index (χ0v) is 13.2. The molecule has 3 nitrogen and oxygen atoms in total. The van der Waals surface area contributed by atoms with Gasteiger partial charge in [-0.25, -0.2) is 0 Å². The van der Waals surface area contributed by atoms with Crippen LogP contribution in [0.4, 0.5) is 0 Å². The van der Waals surface area contributed by atoms with Gasteiger partial charge in [0.1, 0.15) is 0 Å². The molecule has 3 heteroatoms. The lowest BCUT2D eigenvalue weighted by Crippen LogP contribution is -2.40. The zero-order valence-electron chi connectivity index (χ0n) is 13.2. The molecule has 1 amide bonds. The molecule has 1 N–H and O–H groups in total. The molecule has 3 aliphatic rings. The first-order valence-corrected chi connectivity index (χ1v) is 8.86. The highest BCUT2D eigenvalue weighted by Gasteiger charge is 2.57. The quantitative estimate of drug-likeness (QED) is 0.925. The van der Waals surface area contributed by atoms with E-state index in [2.05, 4.69) is 40.5 Å². The van der Waals surface area contributed by atoms with E-state index in [4.69, 9.17) is 0 Å². The second-order valence-electron chi connectivity index (χ2n) is 7.30. The normalized spacial score (nSPS) is 31.1. The topological polar surface area (TPSA) is 32.3 Å². The summed E-state index contributed by atoms with van der Waals surface area (Å²) in [5.74, 6) is 2.93. The lowest BCUT2D eigenvalue weighted by Gasteiger charge is -2.32. The molecule has 0 radical (unpaired) electrons. The lowest BCUT2D eigenvalue weighted by molar-refractivity contribution is -0.134. The van der Waals surface area contributed by atoms with E-state index in [1.54, 1.807) is 0 Å². The van der Waals surface area contributed by atoms with E-state index >= 15 is 0 Å². The monoisotopic (exact) mass is 298 g/mol. The molecule has 2 aliphatic heterocycles. The molecule has 1 unspecified atom stereocenters. The number of likely N-dealkylation sites (tertiary alicyclic amines) is 1. The summed E-state index contributed by atoms with van der Waals surface area (Å²) in [7, 11) is 0. The number of aryl methyl sites for hydroxylation is 1. The van der Waals surface area contributed by atoms with Crippen molar-refractivity contribution in [1.82, 2.24) is 10.2 Å². The van der Waals surface area contributed by atoms with Crippen LogP contribution < -0.4 is 5.32 Å². The Balaban J connectivity index is 1.22. The molecular weight excluding hydrogens is 272 g/mol. The highest BCUT2D eigenvalue weighted by atomic mass is 16.2. The van der Waals surface area contributed by atoms with Crippen LogP contribution in [0.25, 0.3) is 0 Å². The summed E-state index contributed by atoms with van der Waals surface area (Å²) < 4.78 is 0. The van der Waals surface area contributed by atoms with Crippen LogP contribution in [-0.2, 0) is 11.2 Å². The Morgan fingerprint density at radius 1 is 1.09 bits per heavy atom. The van der Waals surface area contributed by atoms with E-state index in [1.807, 2.05) is 0 Å². The highest BCUT2D eigenvalue weighted by Crippen LogP contribution is 2.49. The maximum atomic E-state index is 12.6. The molecule has 4 rings (SSSR count).